The molecule has 0 spiro atoms. The van der Waals surface area contributed by atoms with E-state index < -0.39 is 5.97 Å². The summed E-state index contributed by atoms with van der Waals surface area (Å²) in [7, 11) is 0. The van der Waals surface area contributed by atoms with Gasteiger partial charge in [0.25, 0.3) is 0 Å². The summed E-state index contributed by atoms with van der Waals surface area (Å²) in [5.41, 5.74) is 1.86. The number of carboxylic acid groups (broad SMARTS) is 1. The Morgan fingerprint density at radius 3 is 2.38 bits per heavy atom. The molecule has 0 radical (unpaired) electrons. The quantitative estimate of drug-likeness (QED) is 0.888. The summed E-state index contributed by atoms with van der Waals surface area (Å²) in [6.45, 7) is 0. The molecular formula is C16H14FNO3. The molecule has 2 aromatic rings. The Morgan fingerprint density at radius 1 is 1.00 bits per heavy atom. The van der Waals surface area contributed by atoms with Crippen LogP contribution < -0.4 is 5.32 Å². The Balaban J connectivity index is 1.99. The van der Waals surface area contributed by atoms with Gasteiger partial charge in [0.2, 0.25) is 5.91 Å². The Kier molecular flexibility index (Phi) is 4.66. The maximum atomic E-state index is 12.8. The molecular weight excluding hydrogens is 273 g/mol. The predicted molar refractivity (Wildman–Crippen MR) is 76.5 cm³/mol. The van der Waals surface area contributed by atoms with Crippen molar-refractivity contribution in [1.29, 1.82) is 0 Å². The number of anilines is 1. The second kappa shape index (κ2) is 6.65. The summed E-state index contributed by atoms with van der Waals surface area (Å²) < 4.78 is 12.8. The molecule has 0 unspecified atom stereocenters. The molecule has 1 amide bonds. The highest BCUT2D eigenvalue weighted by atomic mass is 19.1. The van der Waals surface area contributed by atoms with E-state index >= 15 is 0 Å². The first kappa shape index (κ1) is 14.7. The van der Waals surface area contributed by atoms with Crippen LogP contribution in [0, 0.1) is 5.82 Å². The lowest BCUT2D eigenvalue weighted by Gasteiger charge is -2.07. The SMILES string of the molecule is O=C(O)Cc1cccc(NC(=O)Cc2ccc(F)cc2)c1. The zero-order valence-corrected chi connectivity index (χ0v) is 11.2. The number of halogens is 1. The number of hydrogen-bond acceptors (Lipinski definition) is 2. The van der Waals surface area contributed by atoms with Crippen molar-refractivity contribution in [3.8, 4) is 0 Å². The average Bonchev–Trinajstić information content (AvgIpc) is 2.41. The van der Waals surface area contributed by atoms with Crippen molar-refractivity contribution in [1.82, 2.24) is 0 Å². The molecule has 0 aliphatic rings. The molecule has 2 aromatic carbocycles. The second-order valence-electron chi connectivity index (χ2n) is 4.62. The highest BCUT2D eigenvalue weighted by Gasteiger charge is 2.06. The summed E-state index contributed by atoms with van der Waals surface area (Å²) in [5, 5.41) is 11.4. The van der Waals surface area contributed by atoms with E-state index in [2.05, 4.69) is 5.32 Å². The topological polar surface area (TPSA) is 66.4 Å². The molecule has 0 atom stereocenters. The minimum atomic E-state index is -0.926. The van der Waals surface area contributed by atoms with Crippen LogP contribution in [0.1, 0.15) is 11.1 Å². The summed E-state index contributed by atoms with van der Waals surface area (Å²) >= 11 is 0. The largest absolute Gasteiger partial charge is 0.481 e. The molecule has 0 bridgehead atoms. The monoisotopic (exact) mass is 287 g/mol. The number of amides is 1. The third-order valence-corrected chi connectivity index (χ3v) is 2.84. The molecule has 21 heavy (non-hydrogen) atoms. The molecule has 0 fully saturated rings. The Labute approximate surface area is 121 Å². The summed E-state index contributed by atoms with van der Waals surface area (Å²) in [6, 6.07) is 12.4. The molecule has 4 nitrogen and oxygen atoms in total. The van der Waals surface area contributed by atoms with Crippen molar-refractivity contribution >= 4 is 17.6 Å². The number of carbonyl (C=O) groups is 2. The first-order chi connectivity index (χ1) is 10.0. The van der Waals surface area contributed by atoms with E-state index in [1.54, 1.807) is 36.4 Å². The molecule has 2 N–H and O–H groups in total. The smallest absolute Gasteiger partial charge is 0.307 e. The predicted octanol–water partition coefficient (Wildman–Crippen LogP) is 2.63. The molecule has 0 aliphatic heterocycles. The fraction of sp³-hybridized carbons (Fsp3) is 0.125. The standard InChI is InChI=1S/C16H14FNO3/c17-13-6-4-11(5-7-13)9-15(19)18-14-3-1-2-12(8-14)10-16(20)21/h1-8H,9-10H2,(H,18,19)(H,20,21). The summed E-state index contributed by atoms with van der Waals surface area (Å²) in [4.78, 5) is 22.5. The van der Waals surface area contributed by atoms with Gasteiger partial charge in [-0.3, -0.25) is 9.59 Å². The van der Waals surface area contributed by atoms with Crippen LogP contribution in [0.3, 0.4) is 0 Å². The zero-order valence-electron chi connectivity index (χ0n) is 11.2. The molecule has 2 rings (SSSR count). The molecule has 0 heterocycles. The fourth-order valence-corrected chi connectivity index (χ4v) is 1.93. The lowest BCUT2D eigenvalue weighted by Crippen LogP contribution is -2.14. The van der Waals surface area contributed by atoms with Crippen LogP contribution in [0.2, 0.25) is 0 Å². The van der Waals surface area contributed by atoms with E-state index in [4.69, 9.17) is 5.11 Å². The number of nitrogens with one attached hydrogen (secondary N) is 1. The Morgan fingerprint density at radius 2 is 1.71 bits per heavy atom. The van der Waals surface area contributed by atoms with E-state index in [9.17, 15) is 14.0 Å². The van der Waals surface area contributed by atoms with E-state index in [-0.39, 0.29) is 24.6 Å². The zero-order chi connectivity index (χ0) is 15.2. The van der Waals surface area contributed by atoms with Gasteiger partial charge in [0.1, 0.15) is 5.82 Å². The van der Waals surface area contributed by atoms with Gasteiger partial charge in [0.05, 0.1) is 12.8 Å². The van der Waals surface area contributed by atoms with E-state index in [0.717, 1.165) is 0 Å². The third kappa shape index (κ3) is 4.72. The first-order valence-electron chi connectivity index (χ1n) is 6.38. The van der Waals surface area contributed by atoms with Crippen LogP contribution in [-0.2, 0) is 22.4 Å². The van der Waals surface area contributed by atoms with Gasteiger partial charge in [0.15, 0.2) is 0 Å². The number of carbonyl (C=O) groups excluding carboxylic acids is 1. The molecule has 0 aliphatic carbocycles. The number of hydrogen-bond donors (Lipinski definition) is 2. The van der Waals surface area contributed by atoms with Gasteiger partial charge < -0.3 is 10.4 Å². The molecule has 0 aromatic heterocycles. The van der Waals surface area contributed by atoms with Crippen molar-refractivity contribution in [3.63, 3.8) is 0 Å². The van der Waals surface area contributed by atoms with Crippen molar-refractivity contribution in [2.75, 3.05) is 5.32 Å². The number of benzene rings is 2. The Hall–Kier alpha value is -2.69. The summed E-state index contributed by atoms with van der Waals surface area (Å²) in [6.07, 6.45) is 0.0328. The number of aliphatic carboxylic acids is 1. The van der Waals surface area contributed by atoms with E-state index in [0.29, 0.717) is 16.8 Å². The van der Waals surface area contributed by atoms with Crippen molar-refractivity contribution in [3.05, 3.63) is 65.5 Å². The van der Waals surface area contributed by atoms with Gasteiger partial charge in [-0.05, 0) is 35.4 Å². The minimum Gasteiger partial charge on any atom is -0.481 e. The van der Waals surface area contributed by atoms with Gasteiger partial charge in [-0.2, -0.15) is 0 Å². The van der Waals surface area contributed by atoms with Crippen LogP contribution in [0.25, 0.3) is 0 Å². The second-order valence-corrected chi connectivity index (χ2v) is 4.62. The highest BCUT2D eigenvalue weighted by Crippen LogP contribution is 2.12. The van der Waals surface area contributed by atoms with Gasteiger partial charge in [-0.15, -0.1) is 0 Å². The maximum absolute atomic E-state index is 12.8. The lowest BCUT2D eigenvalue weighted by atomic mass is 10.1. The van der Waals surface area contributed by atoms with Crippen molar-refractivity contribution in [2.24, 2.45) is 0 Å². The van der Waals surface area contributed by atoms with Crippen LogP contribution in [0.5, 0.6) is 0 Å². The summed E-state index contributed by atoms with van der Waals surface area (Å²) in [5.74, 6) is -1.51. The van der Waals surface area contributed by atoms with Crippen LogP contribution in [-0.4, -0.2) is 17.0 Å². The van der Waals surface area contributed by atoms with Crippen LogP contribution >= 0.6 is 0 Å². The third-order valence-electron chi connectivity index (χ3n) is 2.84. The lowest BCUT2D eigenvalue weighted by molar-refractivity contribution is -0.136. The molecule has 0 saturated carbocycles. The molecule has 108 valence electrons. The average molecular weight is 287 g/mol. The Bertz CT molecular complexity index is 653. The minimum absolute atomic E-state index is 0.0956. The normalized spacial score (nSPS) is 10.1. The van der Waals surface area contributed by atoms with E-state index in [1.807, 2.05) is 0 Å². The van der Waals surface area contributed by atoms with Gasteiger partial charge >= 0.3 is 5.97 Å². The fourth-order valence-electron chi connectivity index (χ4n) is 1.93. The molecule has 0 saturated heterocycles. The molecule has 5 heteroatoms. The highest BCUT2D eigenvalue weighted by molar-refractivity contribution is 5.92. The van der Waals surface area contributed by atoms with Crippen molar-refractivity contribution < 1.29 is 19.1 Å². The maximum Gasteiger partial charge on any atom is 0.307 e. The van der Waals surface area contributed by atoms with Gasteiger partial charge in [-0.25, -0.2) is 4.39 Å². The van der Waals surface area contributed by atoms with Crippen LogP contribution in [0.4, 0.5) is 10.1 Å². The number of rotatable bonds is 5. The van der Waals surface area contributed by atoms with Gasteiger partial charge in [-0.1, -0.05) is 24.3 Å². The number of carboxylic acids is 1. The van der Waals surface area contributed by atoms with Gasteiger partial charge in [0, 0.05) is 5.69 Å². The first-order valence-corrected chi connectivity index (χ1v) is 6.38. The van der Waals surface area contributed by atoms with E-state index in [1.165, 1.54) is 12.1 Å². The van der Waals surface area contributed by atoms with Crippen molar-refractivity contribution in [2.45, 2.75) is 12.8 Å². The van der Waals surface area contributed by atoms with Crippen LogP contribution in [0.15, 0.2) is 48.5 Å².